The number of imidazole rings is 1. The van der Waals surface area contributed by atoms with Gasteiger partial charge in [-0.15, -0.1) is 0 Å². The molecular formula is C22H32N4. The molecule has 4 heteroatoms. The van der Waals surface area contributed by atoms with Crippen LogP contribution < -0.4 is 0 Å². The Morgan fingerprint density at radius 1 is 1.04 bits per heavy atom. The number of fused-ring (bicyclic) bond motifs is 1. The Morgan fingerprint density at radius 3 is 2.62 bits per heavy atom. The maximum Gasteiger partial charge on any atom is 0.126 e. The van der Waals surface area contributed by atoms with Crippen molar-refractivity contribution >= 4 is 0 Å². The molecule has 1 aromatic carbocycles. The number of hydrogen-bond acceptors (Lipinski definition) is 3. The quantitative estimate of drug-likeness (QED) is 0.822. The van der Waals surface area contributed by atoms with E-state index in [1.54, 1.807) is 0 Å². The van der Waals surface area contributed by atoms with Gasteiger partial charge in [-0.3, -0.25) is 4.90 Å². The largest absolute Gasteiger partial charge is 0.334 e. The van der Waals surface area contributed by atoms with Crippen molar-refractivity contribution in [1.29, 1.82) is 0 Å². The smallest absolute Gasteiger partial charge is 0.126 e. The normalized spacial score (nSPS) is 22.9. The van der Waals surface area contributed by atoms with E-state index in [9.17, 15) is 0 Å². The van der Waals surface area contributed by atoms with Crippen molar-refractivity contribution in [2.75, 3.05) is 32.7 Å². The molecule has 0 N–H and O–H groups in total. The van der Waals surface area contributed by atoms with Crippen LogP contribution in [0.3, 0.4) is 0 Å². The summed E-state index contributed by atoms with van der Waals surface area (Å²) < 4.78 is 2.42. The van der Waals surface area contributed by atoms with E-state index < -0.39 is 0 Å². The van der Waals surface area contributed by atoms with Gasteiger partial charge in [-0.1, -0.05) is 37.3 Å². The second-order valence-electron chi connectivity index (χ2n) is 7.82. The minimum Gasteiger partial charge on any atom is -0.334 e. The summed E-state index contributed by atoms with van der Waals surface area (Å²) >= 11 is 0. The van der Waals surface area contributed by atoms with Gasteiger partial charge in [0.05, 0.1) is 6.04 Å². The average molecular weight is 353 g/mol. The molecule has 1 atom stereocenters. The third-order valence-electron chi connectivity index (χ3n) is 6.31. The minimum absolute atomic E-state index is 0.482. The van der Waals surface area contributed by atoms with E-state index in [0.717, 1.165) is 25.4 Å². The molecule has 0 aliphatic carbocycles. The summed E-state index contributed by atoms with van der Waals surface area (Å²) in [6.07, 6.45) is 9.14. The van der Waals surface area contributed by atoms with Gasteiger partial charge in [0.15, 0.2) is 0 Å². The lowest BCUT2D eigenvalue weighted by molar-refractivity contribution is 0.0871. The van der Waals surface area contributed by atoms with Crippen LogP contribution in [0.25, 0.3) is 0 Å². The van der Waals surface area contributed by atoms with Gasteiger partial charge in [-0.05, 0) is 56.8 Å². The van der Waals surface area contributed by atoms with Gasteiger partial charge in [-0.2, -0.15) is 0 Å². The monoisotopic (exact) mass is 352 g/mol. The second kappa shape index (κ2) is 8.36. The highest BCUT2D eigenvalue weighted by molar-refractivity contribution is 5.15. The Balaban J connectivity index is 1.53. The van der Waals surface area contributed by atoms with Gasteiger partial charge in [0.1, 0.15) is 5.82 Å². The highest BCUT2D eigenvalue weighted by Gasteiger charge is 2.35. The van der Waals surface area contributed by atoms with E-state index in [4.69, 9.17) is 4.98 Å². The maximum atomic E-state index is 4.83. The lowest BCUT2D eigenvalue weighted by Gasteiger charge is -2.40. The first-order chi connectivity index (χ1) is 12.8. The number of aromatic nitrogens is 2. The fourth-order valence-corrected chi connectivity index (χ4v) is 4.78. The number of benzene rings is 1. The first-order valence-electron chi connectivity index (χ1n) is 10.4. The summed E-state index contributed by atoms with van der Waals surface area (Å²) in [6, 6.07) is 11.4. The topological polar surface area (TPSA) is 24.3 Å². The van der Waals surface area contributed by atoms with Crippen LogP contribution in [0.2, 0.25) is 0 Å². The Bertz CT molecular complexity index is 672. The molecule has 2 aliphatic rings. The maximum absolute atomic E-state index is 4.83. The van der Waals surface area contributed by atoms with Gasteiger partial charge in [0.2, 0.25) is 0 Å². The summed E-state index contributed by atoms with van der Waals surface area (Å²) in [5.41, 5.74) is 1.44. The molecule has 2 aliphatic heterocycles. The Morgan fingerprint density at radius 2 is 1.85 bits per heavy atom. The summed E-state index contributed by atoms with van der Waals surface area (Å²) in [5, 5.41) is 0. The van der Waals surface area contributed by atoms with Crippen LogP contribution in [0.1, 0.15) is 43.6 Å². The molecule has 0 saturated carbocycles. The van der Waals surface area contributed by atoms with Crippen molar-refractivity contribution in [1.82, 2.24) is 19.4 Å². The van der Waals surface area contributed by atoms with Gasteiger partial charge in [0, 0.05) is 32.0 Å². The van der Waals surface area contributed by atoms with E-state index in [-0.39, 0.29) is 0 Å². The van der Waals surface area contributed by atoms with E-state index in [0.29, 0.717) is 6.04 Å². The second-order valence-corrected chi connectivity index (χ2v) is 7.82. The third kappa shape index (κ3) is 3.86. The number of nitrogens with zero attached hydrogens (tertiary/aromatic N) is 4. The van der Waals surface area contributed by atoms with Crippen LogP contribution in [0.15, 0.2) is 42.7 Å². The van der Waals surface area contributed by atoms with Crippen molar-refractivity contribution in [2.24, 2.45) is 5.92 Å². The molecule has 4 nitrogen and oxygen atoms in total. The fraction of sp³-hybridized carbons (Fsp3) is 0.591. The molecule has 0 unspecified atom stereocenters. The number of likely N-dealkylation sites (tertiary alicyclic amines) is 1. The van der Waals surface area contributed by atoms with Crippen LogP contribution in [0, 0.1) is 5.92 Å². The SMILES string of the molecule is CCN1CCC([C@H]2c3nccn3CCCN2CCc2ccccc2)CC1. The lowest BCUT2D eigenvalue weighted by Crippen LogP contribution is -2.41. The Labute approximate surface area is 157 Å². The van der Waals surface area contributed by atoms with E-state index in [1.807, 2.05) is 6.20 Å². The molecule has 1 fully saturated rings. The molecule has 0 amide bonds. The molecular weight excluding hydrogens is 320 g/mol. The zero-order valence-electron chi connectivity index (χ0n) is 16.1. The zero-order chi connectivity index (χ0) is 17.8. The molecule has 140 valence electrons. The number of rotatable bonds is 5. The average Bonchev–Trinajstić information content (AvgIpc) is 3.08. The van der Waals surface area contributed by atoms with Gasteiger partial charge in [-0.25, -0.2) is 4.98 Å². The Kier molecular flexibility index (Phi) is 5.71. The third-order valence-corrected chi connectivity index (χ3v) is 6.31. The molecule has 0 radical (unpaired) electrons. The molecule has 4 rings (SSSR count). The molecule has 0 spiro atoms. The summed E-state index contributed by atoms with van der Waals surface area (Å²) in [5.74, 6) is 2.04. The van der Waals surface area contributed by atoms with Crippen molar-refractivity contribution in [3.63, 3.8) is 0 Å². The summed E-state index contributed by atoms with van der Waals surface area (Å²) in [4.78, 5) is 10.2. The molecule has 3 heterocycles. The predicted molar refractivity (Wildman–Crippen MR) is 106 cm³/mol. The molecule has 26 heavy (non-hydrogen) atoms. The van der Waals surface area contributed by atoms with Gasteiger partial charge in [0.25, 0.3) is 0 Å². The van der Waals surface area contributed by atoms with Crippen molar-refractivity contribution < 1.29 is 0 Å². The van der Waals surface area contributed by atoms with Crippen LogP contribution in [-0.4, -0.2) is 52.1 Å². The standard InChI is InChI=1S/C22H32N4/c1-2-24-15-10-20(11-16-24)21-22-23-12-18-26(22)14-6-13-25(21)17-9-19-7-4-3-5-8-19/h3-5,7-8,12,18,20-21H,2,6,9-11,13-17H2,1H3/t21-/m0/s1. The van der Waals surface area contributed by atoms with Crippen molar-refractivity contribution in [3.05, 3.63) is 54.1 Å². The predicted octanol–water partition coefficient (Wildman–Crippen LogP) is 3.60. The van der Waals surface area contributed by atoms with E-state index in [1.165, 1.54) is 56.8 Å². The molecule has 2 aromatic rings. The zero-order valence-corrected chi connectivity index (χ0v) is 16.1. The first-order valence-corrected chi connectivity index (χ1v) is 10.4. The van der Waals surface area contributed by atoms with Crippen LogP contribution in [0.5, 0.6) is 0 Å². The van der Waals surface area contributed by atoms with Crippen LogP contribution >= 0.6 is 0 Å². The van der Waals surface area contributed by atoms with Gasteiger partial charge >= 0.3 is 0 Å². The first kappa shape index (κ1) is 17.7. The Hall–Kier alpha value is -1.65. The van der Waals surface area contributed by atoms with Gasteiger partial charge < -0.3 is 9.47 Å². The van der Waals surface area contributed by atoms with E-state index in [2.05, 4.69) is 57.8 Å². The fourth-order valence-electron chi connectivity index (χ4n) is 4.78. The molecule has 1 saturated heterocycles. The van der Waals surface area contributed by atoms with Crippen molar-refractivity contribution in [2.45, 2.75) is 45.2 Å². The number of hydrogen-bond donors (Lipinski definition) is 0. The van der Waals surface area contributed by atoms with Crippen molar-refractivity contribution in [3.8, 4) is 0 Å². The molecule has 1 aromatic heterocycles. The summed E-state index contributed by atoms with van der Waals surface area (Å²) in [6.45, 7) is 9.39. The highest BCUT2D eigenvalue weighted by atomic mass is 15.2. The van der Waals surface area contributed by atoms with Crippen LogP contribution in [0.4, 0.5) is 0 Å². The molecule has 0 bridgehead atoms. The van der Waals surface area contributed by atoms with Crippen LogP contribution in [-0.2, 0) is 13.0 Å². The van der Waals surface area contributed by atoms with E-state index >= 15 is 0 Å². The number of aryl methyl sites for hydroxylation is 1. The lowest BCUT2D eigenvalue weighted by atomic mass is 9.87. The minimum atomic E-state index is 0.482. The highest BCUT2D eigenvalue weighted by Crippen LogP contribution is 2.36. The summed E-state index contributed by atoms with van der Waals surface area (Å²) in [7, 11) is 0. The number of piperidine rings is 1.